The summed E-state index contributed by atoms with van der Waals surface area (Å²) in [7, 11) is 0. The van der Waals surface area contributed by atoms with Crippen molar-refractivity contribution >= 4 is 29.2 Å². The highest BCUT2D eigenvalue weighted by atomic mass is 16.5. The van der Waals surface area contributed by atoms with Crippen LogP contribution >= 0.6 is 0 Å². The maximum atomic E-state index is 12.8. The molecule has 0 aliphatic carbocycles. The lowest BCUT2D eigenvalue weighted by atomic mass is 10.1. The van der Waals surface area contributed by atoms with Crippen LogP contribution in [0.15, 0.2) is 65.3 Å². The van der Waals surface area contributed by atoms with Crippen LogP contribution in [0.3, 0.4) is 0 Å². The Balaban J connectivity index is 1.51. The molecule has 0 saturated heterocycles. The Morgan fingerprint density at radius 3 is 2.80 bits per heavy atom. The highest BCUT2D eigenvalue weighted by Gasteiger charge is 2.28. The molecular formula is C23H20N2O5. The van der Waals surface area contributed by atoms with Crippen LogP contribution in [-0.2, 0) is 22.5 Å². The smallest absolute Gasteiger partial charge is 0.338 e. The summed E-state index contributed by atoms with van der Waals surface area (Å²) in [5, 5.41) is 2.73. The molecule has 0 radical (unpaired) electrons. The summed E-state index contributed by atoms with van der Waals surface area (Å²) in [4.78, 5) is 38.8. The number of esters is 1. The minimum absolute atomic E-state index is 0.0223. The second-order valence-corrected chi connectivity index (χ2v) is 6.82. The van der Waals surface area contributed by atoms with Gasteiger partial charge < -0.3 is 19.4 Å². The van der Waals surface area contributed by atoms with E-state index in [1.807, 2.05) is 24.3 Å². The molecule has 0 spiro atoms. The van der Waals surface area contributed by atoms with Gasteiger partial charge >= 0.3 is 5.97 Å². The molecule has 1 N–H and O–H groups in total. The standard InChI is InChI=1S/C23H20N2O5/c1-2-29-23(28)16-7-5-8-18(12-16)24-22(27)21-17(10-11-30-21)14-25-19-9-4-3-6-15(19)13-20(25)26/h3-12H,2,13-14H2,1H3,(H,24,27). The summed E-state index contributed by atoms with van der Waals surface area (Å²) in [5.74, 6) is -0.825. The van der Waals surface area contributed by atoms with Crippen LogP contribution in [0.2, 0.25) is 0 Å². The van der Waals surface area contributed by atoms with Gasteiger partial charge in [-0.25, -0.2) is 4.79 Å². The van der Waals surface area contributed by atoms with Crippen molar-refractivity contribution < 1.29 is 23.5 Å². The molecule has 0 unspecified atom stereocenters. The minimum atomic E-state index is -0.462. The van der Waals surface area contributed by atoms with Gasteiger partial charge in [-0.15, -0.1) is 0 Å². The number of nitrogens with zero attached hydrogens (tertiary/aromatic N) is 1. The number of anilines is 2. The molecule has 0 fully saturated rings. The van der Waals surface area contributed by atoms with Crippen molar-refractivity contribution in [3.8, 4) is 0 Å². The fraction of sp³-hybridized carbons (Fsp3) is 0.174. The lowest BCUT2D eigenvalue weighted by Crippen LogP contribution is -2.27. The van der Waals surface area contributed by atoms with Crippen LogP contribution in [0, 0.1) is 0 Å². The van der Waals surface area contributed by atoms with Crippen LogP contribution in [-0.4, -0.2) is 24.4 Å². The topological polar surface area (TPSA) is 88.8 Å². The van der Waals surface area contributed by atoms with E-state index in [1.54, 1.807) is 42.2 Å². The van der Waals surface area contributed by atoms with Gasteiger partial charge in [-0.2, -0.15) is 0 Å². The van der Waals surface area contributed by atoms with E-state index >= 15 is 0 Å². The summed E-state index contributed by atoms with van der Waals surface area (Å²) in [6, 6.07) is 15.8. The zero-order valence-electron chi connectivity index (χ0n) is 16.4. The van der Waals surface area contributed by atoms with Crippen LogP contribution < -0.4 is 10.2 Å². The Kier molecular flexibility index (Phi) is 5.34. The first kappa shape index (κ1) is 19.4. The highest BCUT2D eigenvalue weighted by molar-refractivity contribution is 6.05. The molecule has 30 heavy (non-hydrogen) atoms. The number of furan rings is 1. The third-order valence-electron chi connectivity index (χ3n) is 4.84. The molecule has 0 atom stereocenters. The summed E-state index contributed by atoms with van der Waals surface area (Å²) in [5.41, 5.74) is 3.19. The van der Waals surface area contributed by atoms with E-state index in [1.165, 1.54) is 6.26 Å². The van der Waals surface area contributed by atoms with Gasteiger partial charge in [0, 0.05) is 16.9 Å². The highest BCUT2D eigenvalue weighted by Crippen LogP contribution is 2.30. The number of hydrogen-bond acceptors (Lipinski definition) is 5. The average Bonchev–Trinajstić information content (AvgIpc) is 3.33. The number of amides is 2. The maximum Gasteiger partial charge on any atom is 0.338 e. The minimum Gasteiger partial charge on any atom is -0.462 e. The van der Waals surface area contributed by atoms with Gasteiger partial charge in [0.05, 0.1) is 31.4 Å². The second kappa shape index (κ2) is 8.24. The zero-order chi connectivity index (χ0) is 21.1. The zero-order valence-corrected chi connectivity index (χ0v) is 16.4. The Bertz CT molecular complexity index is 1120. The first-order chi connectivity index (χ1) is 14.6. The molecule has 4 rings (SSSR count). The van der Waals surface area contributed by atoms with Crippen LogP contribution in [0.4, 0.5) is 11.4 Å². The number of benzene rings is 2. The predicted molar refractivity (Wildman–Crippen MR) is 110 cm³/mol. The Morgan fingerprint density at radius 2 is 1.97 bits per heavy atom. The Morgan fingerprint density at radius 1 is 1.13 bits per heavy atom. The first-order valence-electron chi connectivity index (χ1n) is 9.60. The van der Waals surface area contributed by atoms with E-state index in [4.69, 9.17) is 9.15 Å². The number of carbonyl (C=O) groups is 3. The largest absolute Gasteiger partial charge is 0.462 e. The van der Waals surface area contributed by atoms with Crippen molar-refractivity contribution in [1.29, 1.82) is 0 Å². The SMILES string of the molecule is CCOC(=O)c1cccc(NC(=O)c2occc2CN2C(=O)Cc3ccccc32)c1. The molecule has 7 heteroatoms. The van der Waals surface area contributed by atoms with Crippen molar-refractivity contribution in [3.63, 3.8) is 0 Å². The molecule has 1 aliphatic heterocycles. The van der Waals surface area contributed by atoms with Gasteiger partial charge in [-0.1, -0.05) is 24.3 Å². The van der Waals surface area contributed by atoms with Crippen LogP contribution in [0.1, 0.15) is 39.0 Å². The maximum absolute atomic E-state index is 12.8. The molecule has 7 nitrogen and oxygen atoms in total. The van der Waals surface area contributed by atoms with E-state index in [2.05, 4.69) is 5.32 Å². The molecule has 2 heterocycles. The van der Waals surface area contributed by atoms with E-state index in [0.717, 1.165) is 11.3 Å². The predicted octanol–water partition coefficient (Wildman–Crippen LogP) is 3.80. The number of para-hydroxylation sites is 1. The number of nitrogens with one attached hydrogen (secondary N) is 1. The van der Waals surface area contributed by atoms with Gasteiger partial charge in [0.15, 0.2) is 5.76 Å². The third-order valence-corrected chi connectivity index (χ3v) is 4.84. The lowest BCUT2D eigenvalue weighted by Gasteiger charge is -2.17. The van der Waals surface area contributed by atoms with E-state index in [-0.39, 0.29) is 24.8 Å². The van der Waals surface area contributed by atoms with Crippen LogP contribution in [0.5, 0.6) is 0 Å². The van der Waals surface area contributed by atoms with Gasteiger partial charge in [0.25, 0.3) is 5.91 Å². The lowest BCUT2D eigenvalue weighted by molar-refractivity contribution is -0.117. The number of hydrogen-bond donors (Lipinski definition) is 1. The second-order valence-electron chi connectivity index (χ2n) is 6.82. The van der Waals surface area contributed by atoms with Gasteiger partial charge in [0.1, 0.15) is 0 Å². The number of rotatable bonds is 6. The van der Waals surface area contributed by atoms with Gasteiger partial charge in [0.2, 0.25) is 5.91 Å². The molecule has 1 aliphatic rings. The Hall–Kier alpha value is -3.87. The molecule has 2 aromatic carbocycles. The van der Waals surface area contributed by atoms with E-state index in [0.29, 0.717) is 23.2 Å². The molecule has 152 valence electrons. The molecule has 1 aromatic heterocycles. The summed E-state index contributed by atoms with van der Waals surface area (Å²) >= 11 is 0. The van der Waals surface area contributed by atoms with Crippen molar-refractivity contribution in [3.05, 3.63) is 83.3 Å². The molecule has 2 amide bonds. The third kappa shape index (κ3) is 3.82. The molecular weight excluding hydrogens is 384 g/mol. The van der Waals surface area contributed by atoms with Crippen molar-refractivity contribution in [2.75, 3.05) is 16.8 Å². The first-order valence-corrected chi connectivity index (χ1v) is 9.60. The number of ether oxygens (including phenoxy) is 1. The van der Waals surface area contributed by atoms with Crippen LogP contribution in [0.25, 0.3) is 0 Å². The van der Waals surface area contributed by atoms with Gasteiger partial charge in [-0.05, 0) is 42.8 Å². The van der Waals surface area contributed by atoms with E-state index < -0.39 is 11.9 Å². The molecule has 0 bridgehead atoms. The average molecular weight is 404 g/mol. The Labute approximate surface area is 173 Å². The summed E-state index contributed by atoms with van der Waals surface area (Å²) < 4.78 is 10.4. The fourth-order valence-electron chi connectivity index (χ4n) is 3.45. The fourth-order valence-corrected chi connectivity index (χ4v) is 3.45. The normalized spacial score (nSPS) is 12.6. The summed E-state index contributed by atoms with van der Waals surface area (Å²) in [6.45, 7) is 2.23. The quantitative estimate of drug-likeness (QED) is 0.632. The molecule has 0 saturated carbocycles. The monoisotopic (exact) mass is 404 g/mol. The van der Waals surface area contributed by atoms with Gasteiger partial charge in [-0.3, -0.25) is 9.59 Å². The summed E-state index contributed by atoms with van der Waals surface area (Å²) in [6.07, 6.45) is 1.77. The van der Waals surface area contributed by atoms with E-state index in [9.17, 15) is 14.4 Å². The molecule has 3 aromatic rings. The van der Waals surface area contributed by atoms with Crippen molar-refractivity contribution in [2.45, 2.75) is 19.9 Å². The number of fused-ring (bicyclic) bond motifs is 1. The van der Waals surface area contributed by atoms with Crippen molar-refractivity contribution in [2.24, 2.45) is 0 Å². The number of carbonyl (C=O) groups excluding carboxylic acids is 3. The van der Waals surface area contributed by atoms with Crippen molar-refractivity contribution in [1.82, 2.24) is 0 Å².